The third-order valence-electron chi connectivity index (χ3n) is 1.57. The first-order chi connectivity index (χ1) is 6.26. The molecule has 0 aliphatic carbocycles. The van der Waals surface area contributed by atoms with E-state index in [1.807, 2.05) is 25.2 Å². The monoisotopic (exact) mass is 174 g/mol. The molecule has 0 aliphatic heterocycles. The lowest BCUT2D eigenvalue weighted by atomic mass is 10.1. The smallest absolute Gasteiger partial charge is 0.0193 e. The van der Waals surface area contributed by atoms with E-state index in [9.17, 15) is 0 Å². The quantitative estimate of drug-likeness (QED) is 0.548. The maximum absolute atomic E-state index is 3.96. The van der Waals surface area contributed by atoms with Crippen LogP contribution >= 0.6 is 0 Å². The molecular formula is C13H18. The van der Waals surface area contributed by atoms with Crippen molar-refractivity contribution in [2.45, 2.75) is 20.3 Å². The van der Waals surface area contributed by atoms with Crippen LogP contribution in [-0.2, 0) is 0 Å². The Morgan fingerprint density at radius 2 is 2.00 bits per heavy atom. The minimum absolute atomic E-state index is 1.02. The molecule has 0 nitrogen and oxygen atoms in total. The predicted molar refractivity (Wildman–Crippen MR) is 61.7 cm³/mol. The zero-order valence-electron chi connectivity index (χ0n) is 8.59. The van der Waals surface area contributed by atoms with E-state index >= 15 is 0 Å². The normalized spacial score (nSPS) is 12.6. The summed E-state index contributed by atoms with van der Waals surface area (Å²) in [4.78, 5) is 0. The number of rotatable bonds is 5. The van der Waals surface area contributed by atoms with Crippen LogP contribution < -0.4 is 0 Å². The van der Waals surface area contributed by atoms with Gasteiger partial charge in [0.15, 0.2) is 0 Å². The lowest BCUT2D eigenvalue weighted by Crippen LogP contribution is -1.79. The van der Waals surface area contributed by atoms with Crippen molar-refractivity contribution in [3.8, 4) is 0 Å². The van der Waals surface area contributed by atoms with Crippen LogP contribution in [-0.4, -0.2) is 0 Å². The van der Waals surface area contributed by atoms with Crippen LogP contribution in [0.2, 0.25) is 0 Å². The largest absolute Gasteiger partial charge is 0.0990 e. The van der Waals surface area contributed by atoms with Gasteiger partial charge in [-0.15, -0.1) is 0 Å². The first-order valence-corrected chi connectivity index (χ1v) is 4.57. The van der Waals surface area contributed by atoms with Crippen LogP contribution in [0.5, 0.6) is 0 Å². The molecule has 13 heavy (non-hydrogen) atoms. The molecule has 0 bridgehead atoms. The molecule has 70 valence electrons. The Morgan fingerprint density at radius 1 is 1.31 bits per heavy atom. The second-order valence-electron chi connectivity index (χ2n) is 2.69. The standard InChI is InChI=1S/C13H18/c1-5-8-11-13(10-7-3)12(4)9-6-2/h6-11H,3-5H2,1-2H3/b9-6-,11-8-,13-10+. The molecule has 0 saturated heterocycles. The summed E-state index contributed by atoms with van der Waals surface area (Å²) >= 11 is 0. The van der Waals surface area contributed by atoms with Gasteiger partial charge >= 0.3 is 0 Å². The van der Waals surface area contributed by atoms with Crippen molar-refractivity contribution < 1.29 is 0 Å². The van der Waals surface area contributed by atoms with Crippen molar-refractivity contribution in [2.24, 2.45) is 0 Å². The summed E-state index contributed by atoms with van der Waals surface area (Å²) < 4.78 is 0. The molecule has 0 amide bonds. The number of hydrogen-bond donors (Lipinski definition) is 0. The fraction of sp³-hybridized carbons (Fsp3) is 0.231. The summed E-state index contributed by atoms with van der Waals surface area (Å²) in [5.74, 6) is 0. The maximum Gasteiger partial charge on any atom is -0.0193 e. The Labute approximate surface area is 81.7 Å². The van der Waals surface area contributed by atoms with Crippen molar-refractivity contribution in [1.82, 2.24) is 0 Å². The van der Waals surface area contributed by atoms with Gasteiger partial charge in [-0.05, 0) is 24.5 Å². The van der Waals surface area contributed by atoms with E-state index in [0.717, 1.165) is 17.6 Å². The molecule has 0 atom stereocenters. The molecule has 0 fully saturated rings. The van der Waals surface area contributed by atoms with E-state index in [1.165, 1.54) is 0 Å². The SMILES string of the molecule is C=C/C=C(\C=C/CC)C(=C)/C=C\C. The van der Waals surface area contributed by atoms with Crippen LogP contribution in [0.1, 0.15) is 20.3 Å². The highest BCUT2D eigenvalue weighted by Crippen LogP contribution is 2.11. The molecular weight excluding hydrogens is 156 g/mol. The Hall–Kier alpha value is -1.30. The van der Waals surface area contributed by atoms with Crippen molar-refractivity contribution in [1.29, 1.82) is 0 Å². The van der Waals surface area contributed by atoms with Gasteiger partial charge in [0, 0.05) is 0 Å². The fourth-order valence-electron chi connectivity index (χ4n) is 0.939. The van der Waals surface area contributed by atoms with E-state index in [-0.39, 0.29) is 0 Å². The summed E-state index contributed by atoms with van der Waals surface area (Å²) in [5.41, 5.74) is 2.14. The summed E-state index contributed by atoms with van der Waals surface area (Å²) in [6.07, 6.45) is 13.0. The molecule has 0 rings (SSSR count). The molecule has 0 N–H and O–H groups in total. The molecule has 0 heterocycles. The maximum atomic E-state index is 3.96. The highest BCUT2D eigenvalue weighted by atomic mass is 14.0. The second kappa shape index (κ2) is 7.35. The Bertz CT molecular complexity index is 249. The van der Waals surface area contributed by atoms with E-state index in [4.69, 9.17) is 0 Å². The van der Waals surface area contributed by atoms with E-state index in [0.29, 0.717) is 0 Å². The zero-order valence-corrected chi connectivity index (χ0v) is 8.59. The molecule has 0 aliphatic rings. The van der Waals surface area contributed by atoms with Gasteiger partial charge in [0.25, 0.3) is 0 Å². The average Bonchev–Trinajstić information content (AvgIpc) is 2.12. The first kappa shape index (κ1) is 11.7. The van der Waals surface area contributed by atoms with Gasteiger partial charge in [-0.1, -0.05) is 56.5 Å². The highest BCUT2D eigenvalue weighted by Gasteiger charge is 1.91. The van der Waals surface area contributed by atoms with E-state index in [1.54, 1.807) is 6.08 Å². The molecule has 0 aromatic heterocycles. The Morgan fingerprint density at radius 3 is 2.46 bits per heavy atom. The molecule has 0 spiro atoms. The van der Waals surface area contributed by atoms with Crippen molar-refractivity contribution in [3.05, 3.63) is 60.8 Å². The van der Waals surface area contributed by atoms with Crippen LogP contribution in [0, 0.1) is 0 Å². The molecule has 0 aromatic rings. The lowest BCUT2D eigenvalue weighted by molar-refractivity contribution is 1.22. The van der Waals surface area contributed by atoms with Gasteiger partial charge in [-0.3, -0.25) is 0 Å². The van der Waals surface area contributed by atoms with Gasteiger partial charge in [0.1, 0.15) is 0 Å². The summed E-state index contributed by atoms with van der Waals surface area (Å²) in [6, 6.07) is 0. The third-order valence-corrected chi connectivity index (χ3v) is 1.57. The van der Waals surface area contributed by atoms with Crippen LogP contribution in [0.15, 0.2) is 60.8 Å². The Balaban J connectivity index is 4.61. The van der Waals surface area contributed by atoms with Crippen LogP contribution in [0.4, 0.5) is 0 Å². The molecule has 0 saturated carbocycles. The molecule has 0 radical (unpaired) electrons. The highest BCUT2D eigenvalue weighted by molar-refractivity contribution is 5.45. The van der Waals surface area contributed by atoms with Gasteiger partial charge in [0.2, 0.25) is 0 Å². The van der Waals surface area contributed by atoms with Crippen molar-refractivity contribution >= 4 is 0 Å². The third kappa shape index (κ3) is 5.02. The lowest BCUT2D eigenvalue weighted by Gasteiger charge is -1.99. The van der Waals surface area contributed by atoms with E-state index < -0.39 is 0 Å². The van der Waals surface area contributed by atoms with Crippen LogP contribution in [0.25, 0.3) is 0 Å². The van der Waals surface area contributed by atoms with Crippen molar-refractivity contribution in [2.75, 3.05) is 0 Å². The summed E-state index contributed by atoms with van der Waals surface area (Å²) in [7, 11) is 0. The zero-order chi connectivity index (χ0) is 10.1. The van der Waals surface area contributed by atoms with Gasteiger partial charge in [0.05, 0.1) is 0 Å². The second-order valence-corrected chi connectivity index (χ2v) is 2.69. The molecule has 0 unspecified atom stereocenters. The Kier molecular flexibility index (Phi) is 6.62. The molecule has 0 aromatic carbocycles. The van der Waals surface area contributed by atoms with Gasteiger partial charge in [-0.2, -0.15) is 0 Å². The summed E-state index contributed by atoms with van der Waals surface area (Å²) in [6.45, 7) is 11.7. The van der Waals surface area contributed by atoms with Gasteiger partial charge in [-0.25, -0.2) is 0 Å². The van der Waals surface area contributed by atoms with Gasteiger partial charge < -0.3 is 0 Å². The molecule has 0 heteroatoms. The number of allylic oxidation sites excluding steroid dienone is 8. The first-order valence-electron chi connectivity index (χ1n) is 4.57. The average molecular weight is 174 g/mol. The summed E-state index contributed by atoms with van der Waals surface area (Å²) in [5, 5.41) is 0. The minimum atomic E-state index is 1.02. The number of hydrogen-bond acceptors (Lipinski definition) is 0. The fourth-order valence-corrected chi connectivity index (χ4v) is 0.939. The van der Waals surface area contributed by atoms with E-state index in [2.05, 4.69) is 32.2 Å². The topological polar surface area (TPSA) is 0 Å². The predicted octanol–water partition coefficient (Wildman–Crippen LogP) is 4.20. The minimum Gasteiger partial charge on any atom is -0.0990 e. The van der Waals surface area contributed by atoms with Crippen molar-refractivity contribution in [3.63, 3.8) is 0 Å². The van der Waals surface area contributed by atoms with Crippen LogP contribution in [0.3, 0.4) is 0 Å².